The number of anilines is 5. The Labute approximate surface area is 230 Å². The highest BCUT2D eigenvalue weighted by Gasteiger charge is 2.38. The number of carbonyl (C=O) groups excluding carboxylic acids is 1. The van der Waals surface area contributed by atoms with Gasteiger partial charge in [0.2, 0.25) is 11.9 Å². The maximum atomic E-state index is 12.6. The molecule has 4 N–H and O–H groups in total. The van der Waals surface area contributed by atoms with E-state index in [1.54, 1.807) is 12.3 Å². The van der Waals surface area contributed by atoms with Crippen LogP contribution in [0.2, 0.25) is 5.02 Å². The zero-order chi connectivity index (χ0) is 28.9. The molecule has 0 unspecified atom stereocenters. The van der Waals surface area contributed by atoms with Crippen molar-refractivity contribution in [2.75, 3.05) is 16.0 Å². The zero-order valence-corrected chi connectivity index (χ0v) is 21.6. The molecule has 0 fully saturated rings. The van der Waals surface area contributed by atoms with E-state index in [1.807, 2.05) is 37.3 Å². The van der Waals surface area contributed by atoms with Gasteiger partial charge in [-0.2, -0.15) is 18.2 Å². The smallest absolute Gasteiger partial charge is 0.475 e. The fourth-order valence-electron chi connectivity index (χ4n) is 3.72. The summed E-state index contributed by atoms with van der Waals surface area (Å²) in [6.07, 6.45) is -1.88. The number of carbonyl (C=O) groups is 2. The summed E-state index contributed by atoms with van der Waals surface area (Å²) in [5.74, 6) is -1.45. The molecule has 0 saturated carbocycles. The van der Waals surface area contributed by atoms with E-state index in [2.05, 4.69) is 43.2 Å². The van der Waals surface area contributed by atoms with E-state index in [0.717, 1.165) is 46.7 Å². The normalized spacial score (nSPS) is 12.2. The molecule has 1 amide bonds. The van der Waals surface area contributed by atoms with Gasteiger partial charge < -0.3 is 25.6 Å². The van der Waals surface area contributed by atoms with Crippen molar-refractivity contribution in [3.8, 4) is 0 Å². The van der Waals surface area contributed by atoms with Gasteiger partial charge in [-0.25, -0.2) is 9.78 Å². The first-order valence-corrected chi connectivity index (χ1v) is 12.1. The second-order valence-corrected chi connectivity index (χ2v) is 9.08. The molecule has 4 aromatic rings. The highest BCUT2D eigenvalue weighted by molar-refractivity contribution is 6.32. The molecule has 0 spiro atoms. The van der Waals surface area contributed by atoms with E-state index in [4.69, 9.17) is 26.0 Å². The summed E-state index contributed by atoms with van der Waals surface area (Å²) in [6, 6.07) is 15.6. The number of nitrogens with one attached hydrogen (secondary N) is 3. The van der Waals surface area contributed by atoms with Crippen LogP contribution in [0.1, 0.15) is 22.6 Å². The maximum Gasteiger partial charge on any atom is 0.490 e. The highest BCUT2D eigenvalue weighted by atomic mass is 35.5. The summed E-state index contributed by atoms with van der Waals surface area (Å²) in [7, 11) is 0. The first-order chi connectivity index (χ1) is 19.0. The van der Waals surface area contributed by atoms with Gasteiger partial charge >= 0.3 is 12.1 Å². The molecule has 5 rings (SSSR count). The lowest BCUT2D eigenvalue weighted by atomic mass is 10.0. The minimum absolute atomic E-state index is 0.118. The third-order valence-electron chi connectivity index (χ3n) is 5.51. The van der Waals surface area contributed by atoms with Gasteiger partial charge in [-0.1, -0.05) is 28.9 Å². The van der Waals surface area contributed by atoms with Crippen LogP contribution >= 0.6 is 11.6 Å². The van der Waals surface area contributed by atoms with Crippen LogP contribution in [-0.2, 0) is 28.9 Å². The zero-order valence-electron chi connectivity index (χ0n) is 20.8. The molecular formula is C26H22ClF3N6O4. The Morgan fingerprint density at radius 3 is 2.55 bits per heavy atom. The van der Waals surface area contributed by atoms with Crippen molar-refractivity contribution in [3.63, 3.8) is 0 Å². The Morgan fingerprint density at radius 2 is 1.85 bits per heavy atom. The number of aromatic nitrogens is 3. The van der Waals surface area contributed by atoms with E-state index in [9.17, 15) is 18.0 Å². The van der Waals surface area contributed by atoms with Crippen LogP contribution in [0.4, 0.5) is 42.0 Å². The maximum absolute atomic E-state index is 12.6. The average molecular weight is 575 g/mol. The summed E-state index contributed by atoms with van der Waals surface area (Å²) in [4.78, 5) is 30.3. The van der Waals surface area contributed by atoms with Crippen LogP contribution < -0.4 is 16.0 Å². The number of aryl methyl sites for hydroxylation is 3. The Bertz CT molecular complexity index is 1540. The van der Waals surface area contributed by atoms with Gasteiger partial charge in [0.05, 0.1) is 18.3 Å². The minimum atomic E-state index is -5.08. The van der Waals surface area contributed by atoms with E-state index < -0.39 is 12.1 Å². The lowest BCUT2D eigenvalue weighted by Crippen LogP contribution is -2.21. The van der Waals surface area contributed by atoms with Crippen molar-refractivity contribution in [1.29, 1.82) is 0 Å². The highest BCUT2D eigenvalue weighted by Crippen LogP contribution is 2.29. The quantitative estimate of drug-likeness (QED) is 0.238. The number of rotatable bonds is 3. The Morgan fingerprint density at radius 1 is 1.10 bits per heavy atom. The monoisotopic (exact) mass is 574 g/mol. The molecule has 6 bridgehead atoms. The molecule has 1 aliphatic rings. The van der Waals surface area contributed by atoms with Gasteiger partial charge in [0.25, 0.3) is 0 Å². The molecule has 40 heavy (non-hydrogen) atoms. The molecule has 14 heteroatoms. The molecule has 0 aliphatic carbocycles. The molecular weight excluding hydrogens is 553 g/mol. The van der Waals surface area contributed by atoms with Crippen LogP contribution in [-0.4, -0.2) is 38.3 Å². The molecule has 1 aliphatic heterocycles. The summed E-state index contributed by atoms with van der Waals surface area (Å²) in [5, 5.41) is 20.9. The van der Waals surface area contributed by atoms with Crippen LogP contribution in [0.5, 0.6) is 0 Å². The van der Waals surface area contributed by atoms with Crippen molar-refractivity contribution in [2.45, 2.75) is 32.4 Å². The molecule has 0 saturated heterocycles. The standard InChI is InChI=1S/C24H21ClN6O2.C2HF3O2/c1-14-9-19(33-31-14)12-22(32)29-21-8-7-18-11-16(21)6-5-15-3-2-4-17(10-15)28-24-26-13-20(25)23(27-18)30-24;3-2(4,5)1(6)7/h2-4,7-11,13H,5-6,12H2,1H3,(H,29,32)(H2,26,27,28,30);(H,6,7). The van der Waals surface area contributed by atoms with Crippen molar-refractivity contribution < 1.29 is 32.4 Å². The van der Waals surface area contributed by atoms with E-state index in [-0.39, 0.29) is 12.3 Å². The molecule has 10 nitrogen and oxygen atoms in total. The molecule has 0 atom stereocenters. The summed E-state index contributed by atoms with van der Waals surface area (Å²) >= 11 is 6.33. The van der Waals surface area contributed by atoms with Crippen molar-refractivity contribution in [1.82, 2.24) is 15.1 Å². The largest absolute Gasteiger partial charge is 0.490 e. The Hall–Kier alpha value is -4.65. The average Bonchev–Trinajstić information content (AvgIpc) is 3.29. The van der Waals surface area contributed by atoms with Gasteiger partial charge in [-0.05, 0) is 61.2 Å². The lowest BCUT2D eigenvalue weighted by molar-refractivity contribution is -0.192. The number of carboxylic acids is 1. The molecule has 208 valence electrons. The number of nitrogens with zero attached hydrogens (tertiary/aromatic N) is 3. The number of halogens is 4. The number of hydrogen-bond acceptors (Lipinski definition) is 8. The SMILES string of the molecule is Cc1cc(CC(=O)Nc2ccc3cc2CCc2cccc(c2)Nc2ncc(Cl)c(n2)N3)on1.O=C(O)C(F)(F)F. The summed E-state index contributed by atoms with van der Waals surface area (Å²) in [5.41, 5.74) is 5.34. The van der Waals surface area contributed by atoms with Crippen molar-refractivity contribution >= 4 is 52.3 Å². The lowest BCUT2D eigenvalue weighted by Gasteiger charge is -2.14. The third kappa shape index (κ3) is 7.69. The topological polar surface area (TPSA) is 142 Å². The first kappa shape index (κ1) is 28.4. The van der Waals surface area contributed by atoms with Gasteiger partial charge in [-0.3, -0.25) is 4.79 Å². The van der Waals surface area contributed by atoms with E-state index in [1.165, 1.54) is 0 Å². The van der Waals surface area contributed by atoms with Gasteiger partial charge in [0.1, 0.15) is 10.8 Å². The van der Waals surface area contributed by atoms with Crippen molar-refractivity contribution in [3.05, 3.63) is 82.3 Å². The number of aliphatic carboxylic acids is 1. The predicted octanol–water partition coefficient (Wildman–Crippen LogP) is 5.83. The predicted molar refractivity (Wildman–Crippen MR) is 141 cm³/mol. The number of benzene rings is 2. The van der Waals surface area contributed by atoms with Gasteiger partial charge in [0.15, 0.2) is 5.82 Å². The van der Waals surface area contributed by atoms with E-state index >= 15 is 0 Å². The number of hydrogen-bond donors (Lipinski definition) is 4. The van der Waals surface area contributed by atoms with E-state index in [0.29, 0.717) is 22.5 Å². The Balaban J connectivity index is 0.000000470. The number of carboxylic acid groups (broad SMARTS) is 1. The minimum Gasteiger partial charge on any atom is -0.475 e. The molecule has 2 aromatic heterocycles. The summed E-state index contributed by atoms with van der Waals surface area (Å²) < 4.78 is 36.9. The van der Waals surface area contributed by atoms with Crippen LogP contribution in [0.25, 0.3) is 0 Å². The molecule has 3 heterocycles. The second kappa shape index (κ2) is 12.0. The fraction of sp³-hybridized carbons (Fsp3) is 0.192. The second-order valence-electron chi connectivity index (χ2n) is 8.67. The summed E-state index contributed by atoms with van der Waals surface area (Å²) in [6.45, 7) is 1.82. The van der Waals surface area contributed by atoms with Gasteiger partial charge in [-0.15, -0.1) is 0 Å². The van der Waals surface area contributed by atoms with Crippen LogP contribution in [0.3, 0.4) is 0 Å². The third-order valence-corrected chi connectivity index (χ3v) is 5.78. The van der Waals surface area contributed by atoms with Crippen LogP contribution in [0.15, 0.2) is 59.3 Å². The number of amides is 1. The fourth-order valence-corrected chi connectivity index (χ4v) is 3.86. The van der Waals surface area contributed by atoms with Crippen LogP contribution in [0, 0.1) is 6.92 Å². The first-order valence-electron chi connectivity index (χ1n) is 11.8. The number of fused-ring (bicyclic) bond motifs is 6. The van der Waals surface area contributed by atoms with Gasteiger partial charge in [0, 0.05) is 23.1 Å². The Kier molecular flexibility index (Phi) is 8.53. The number of alkyl halides is 3. The van der Waals surface area contributed by atoms with Crippen molar-refractivity contribution in [2.24, 2.45) is 0 Å². The molecule has 2 aromatic carbocycles. The molecule has 0 radical (unpaired) electrons.